The largest absolute Gasteiger partial charge is 0.409 e. The molecule has 5 nitrogen and oxygen atoms in total. The highest BCUT2D eigenvalue weighted by Gasteiger charge is 2.06. The number of anilines is 1. The van der Waals surface area contributed by atoms with Crippen molar-refractivity contribution in [1.29, 1.82) is 0 Å². The highest BCUT2D eigenvalue weighted by atomic mass is 16.4. The molecule has 16 heavy (non-hydrogen) atoms. The van der Waals surface area contributed by atoms with E-state index in [4.69, 9.17) is 10.9 Å². The molecule has 0 aromatic carbocycles. The van der Waals surface area contributed by atoms with Crippen LogP contribution in [0.3, 0.4) is 0 Å². The van der Waals surface area contributed by atoms with Crippen molar-refractivity contribution in [3.8, 4) is 0 Å². The van der Waals surface area contributed by atoms with Crippen LogP contribution < -0.4 is 10.6 Å². The first-order valence-corrected chi connectivity index (χ1v) is 5.31. The number of aryl methyl sites for hydroxylation is 1. The van der Waals surface area contributed by atoms with Gasteiger partial charge in [-0.25, -0.2) is 4.98 Å². The van der Waals surface area contributed by atoms with Crippen molar-refractivity contribution in [3.63, 3.8) is 0 Å². The van der Waals surface area contributed by atoms with E-state index in [0.717, 1.165) is 12.4 Å². The molecule has 1 rings (SSSR count). The van der Waals surface area contributed by atoms with E-state index >= 15 is 0 Å². The third kappa shape index (κ3) is 3.42. The summed E-state index contributed by atoms with van der Waals surface area (Å²) in [4.78, 5) is 6.39. The Morgan fingerprint density at radius 1 is 1.62 bits per heavy atom. The van der Waals surface area contributed by atoms with Crippen molar-refractivity contribution in [1.82, 2.24) is 4.98 Å². The molecule has 1 aromatic heterocycles. The predicted octanol–water partition coefficient (Wildman–Crippen LogP) is 1.35. The summed E-state index contributed by atoms with van der Waals surface area (Å²) >= 11 is 0. The lowest BCUT2D eigenvalue weighted by Gasteiger charge is -2.21. The summed E-state index contributed by atoms with van der Waals surface area (Å²) in [5.41, 5.74) is 6.61. The molecule has 0 saturated carbocycles. The smallest absolute Gasteiger partial charge is 0.140 e. The third-order valence-corrected chi connectivity index (χ3v) is 2.37. The quantitative estimate of drug-likeness (QED) is 0.341. The van der Waals surface area contributed by atoms with Crippen molar-refractivity contribution in [2.75, 3.05) is 18.0 Å². The van der Waals surface area contributed by atoms with E-state index in [2.05, 4.69) is 22.0 Å². The molecule has 5 heteroatoms. The maximum Gasteiger partial charge on any atom is 0.140 e. The molecule has 0 radical (unpaired) electrons. The average molecular weight is 222 g/mol. The van der Waals surface area contributed by atoms with Crippen LogP contribution in [0.15, 0.2) is 23.5 Å². The summed E-state index contributed by atoms with van der Waals surface area (Å²) in [6.07, 6.45) is 2.32. The Morgan fingerprint density at radius 2 is 2.38 bits per heavy atom. The van der Waals surface area contributed by atoms with E-state index in [1.807, 2.05) is 19.1 Å². The van der Waals surface area contributed by atoms with Crippen molar-refractivity contribution in [3.05, 3.63) is 23.9 Å². The second-order valence-electron chi connectivity index (χ2n) is 3.61. The number of hydrogen-bond donors (Lipinski definition) is 2. The molecule has 0 aliphatic heterocycles. The number of oxime groups is 1. The Hall–Kier alpha value is -1.78. The van der Waals surface area contributed by atoms with Crippen LogP contribution in [-0.4, -0.2) is 29.1 Å². The van der Waals surface area contributed by atoms with E-state index in [9.17, 15) is 0 Å². The molecule has 0 fully saturated rings. The van der Waals surface area contributed by atoms with E-state index in [0.29, 0.717) is 13.0 Å². The van der Waals surface area contributed by atoms with Crippen molar-refractivity contribution < 1.29 is 5.21 Å². The van der Waals surface area contributed by atoms with Gasteiger partial charge in [0.05, 0.1) is 0 Å². The summed E-state index contributed by atoms with van der Waals surface area (Å²) in [5.74, 6) is 1.17. The number of pyridine rings is 1. The van der Waals surface area contributed by atoms with Crippen LogP contribution in [0.1, 0.15) is 18.9 Å². The summed E-state index contributed by atoms with van der Waals surface area (Å²) in [6, 6.07) is 3.98. The molecule has 1 heterocycles. The van der Waals surface area contributed by atoms with Gasteiger partial charge in [-0.2, -0.15) is 0 Å². The zero-order valence-corrected chi connectivity index (χ0v) is 9.72. The summed E-state index contributed by atoms with van der Waals surface area (Å²) < 4.78 is 0. The van der Waals surface area contributed by atoms with Gasteiger partial charge in [-0.3, -0.25) is 0 Å². The molecule has 1 aromatic rings. The van der Waals surface area contributed by atoms with E-state index in [1.165, 1.54) is 5.56 Å². The highest BCUT2D eigenvalue weighted by Crippen LogP contribution is 2.12. The van der Waals surface area contributed by atoms with Gasteiger partial charge in [0.15, 0.2) is 0 Å². The highest BCUT2D eigenvalue weighted by molar-refractivity contribution is 5.80. The van der Waals surface area contributed by atoms with Crippen LogP contribution in [0.5, 0.6) is 0 Å². The van der Waals surface area contributed by atoms with Gasteiger partial charge in [-0.15, -0.1) is 0 Å². The van der Waals surface area contributed by atoms with Crippen molar-refractivity contribution in [2.45, 2.75) is 20.3 Å². The fourth-order valence-electron chi connectivity index (χ4n) is 1.43. The van der Waals surface area contributed by atoms with Gasteiger partial charge >= 0.3 is 0 Å². The van der Waals surface area contributed by atoms with Gasteiger partial charge in [0.25, 0.3) is 0 Å². The second kappa shape index (κ2) is 5.95. The summed E-state index contributed by atoms with van der Waals surface area (Å²) in [6.45, 7) is 5.62. The minimum atomic E-state index is 0.242. The molecule has 0 aliphatic rings. The van der Waals surface area contributed by atoms with Crippen LogP contribution in [0.4, 0.5) is 5.82 Å². The monoisotopic (exact) mass is 222 g/mol. The first kappa shape index (κ1) is 12.3. The number of nitrogens with zero attached hydrogens (tertiary/aromatic N) is 3. The summed E-state index contributed by atoms with van der Waals surface area (Å²) in [7, 11) is 0. The standard InChI is InChI=1S/C11H18N4O/c1-3-15(7-5-10(12)14-16)11-8-9(2)4-6-13-11/h4,6,8,16H,3,5,7H2,1-2H3,(H2,12,14). The Balaban J connectivity index is 2.67. The predicted molar refractivity (Wildman–Crippen MR) is 64.9 cm³/mol. The van der Waals surface area contributed by atoms with Crippen LogP contribution in [-0.2, 0) is 0 Å². The minimum absolute atomic E-state index is 0.242. The number of hydrogen-bond acceptors (Lipinski definition) is 4. The summed E-state index contributed by atoms with van der Waals surface area (Å²) in [5, 5.41) is 11.4. The topological polar surface area (TPSA) is 74.7 Å². The zero-order chi connectivity index (χ0) is 12.0. The normalized spacial score (nSPS) is 11.5. The maximum atomic E-state index is 8.46. The Labute approximate surface area is 95.6 Å². The molecule has 0 atom stereocenters. The van der Waals surface area contributed by atoms with Crippen molar-refractivity contribution in [2.24, 2.45) is 10.9 Å². The van der Waals surface area contributed by atoms with Crippen molar-refractivity contribution >= 4 is 11.7 Å². The van der Waals surface area contributed by atoms with Crippen LogP contribution >= 0.6 is 0 Å². The Bertz CT molecular complexity index is 365. The van der Waals surface area contributed by atoms with Gasteiger partial charge < -0.3 is 15.8 Å². The molecule has 0 amide bonds. The molecule has 0 unspecified atom stereocenters. The van der Waals surface area contributed by atoms with Crippen LogP contribution in [0, 0.1) is 6.92 Å². The molecule has 88 valence electrons. The van der Waals surface area contributed by atoms with E-state index in [-0.39, 0.29) is 5.84 Å². The third-order valence-electron chi connectivity index (χ3n) is 2.37. The molecule has 0 saturated heterocycles. The van der Waals surface area contributed by atoms with Gasteiger partial charge in [-0.05, 0) is 31.5 Å². The number of nitrogens with two attached hydrogens (primary N) is 1. The van der Waals surface area contributed by atoms with Gasteiger partial charge in [-0.1, -0.05) is 5.16 Å². The number of amidine groups is 1. The van der Waals surface area contributed by atoms with E-state index < -0.39 is 0 Å². The molecule has 0 aliphatic carbocycles. The Kier molecular flexibility index (Phi) is 4.57. The zero-order valence-electron chi connectivity index (χ0n) is 9.72. The lowest BCUT2D eigenvalue weighted by molar-refractivity contribution is 0.317. The van der Waals surface area contributed by atoms with Crippen LogP contribution in [0.25, 0.3) is 0 Å². The fourth-order valence-corrected chi connectivity index (χ4v) is 1.43. The molecule has 0 bridgehead atoms. The first-order chi connectivity index (χ1) is 7.67. The second-order valence-corrected chi connectivity index (χ2v) is 3.61. The first-order valence-electron chi connectivity index (χ1n) is 5.31. The average Bonchev–Trinajstić information content (AvgIpc) is 2.29. The SMILES string of the molecule is CCN(CCC(N)=NO)c1cc(C)ccn1. The number of aromatic nitrogens is 1. The van der Waals surface area contributed by atoms with Gasteiger partial charge in [0.1, 0.15) is 11.7 Å². The van der Waals surface area contributed by atoms with Gasteiger partial charge in [0.2, 0.25) is 0 Å². The lowest BCUT2D eigenvalue weighted by atomic mass is 10.2. The number of rotatable bonds is 5. The lowest BCUT2D eigenvalue weighted by Crippen LogP contribution is -2.28. The minimum Gasteiger partial charge on any atom is -0.409 e. The maximum absolute atomic E-state index is 8.46. The molecular weight excluding hydrogens is 204 g/mol. The van der Waals surface area contributed by atoms with Gasteiger partial charge in [0, 0.05) is 25.7 Å². The molecule has 0 spiro atoms. The molecule has 3 N–H and O–H groups in total. The van der Waals surface area contributed by atoms with E-state index in [1.54, 1.807) is 6.20 Å². The fraction of sp³-hybridized carbons (Fsp3) is 0.455. The molecular formula is C11H18N4O. The Morgan fingerprint density at radius 3 is 2.94 bits per heavy atom. The van der Waals surface area contributed by atoms with Crippen LogP contribution in [0.2, 0.25) is 0 Å².